The SMILES string of the molecule is C[Si]1(C)CC[Si](C)(C)N1c1ncccn1. The van der Waals surface area contributed by atoms with Crippen LogP contribution < -0.4 is 4.23 Å². The second-order valence-corrected chi connectivity index (χ2v) is 15.1. The van der Waals surface area contributed by atoms with Crippen molar-refractivity contribution in [1.82, 2.24) is 9.97 Å². The van der Waals surface area contributed by atoms with Gasteiger partial charge in [-0.3, -0.25) is 0 Å². The van der Waals surface area contributed by atoms with E-state index in [4.69, 9.17) is 0 Å². The molecule has 1 aromatic heterocycles. The van der Waals surface area contributed by atoms with E-state index >= 15 is 0 Å². The highest BCUT2D eigenvalue weighted by atomic mass is 28.4. The van der Waals surface area contributed by atoms with Gasteiger partial charge in [0.15, 0.2) is 0 Å². The van der Waals surface area contributed by atoms with Crippen molar-refractivity contribution >= 4 is 22.4 Å². The van der Waals surface area contributed by atoms with E-state index in [-0.39, 0.29) is 0 Å². The molecular weight excluding hydrogens is 218 g/mol. The van der Waals surface area contributed by atoms with Gasteiger partial charge in [0.05, 0.1) is 0 Å². The van der Waals surface area contributed by atoms with Crippen LogP contribution in [-0.2, 0) is 0 Å². The first-order valence-electron chi connectivity index (χ1n) is 5.51. The van der Waals surface area contributed by atoms with E-state index in [1.54, 1.807) is 0 Å². The molecule has 82 valence electrons. The zero-order valence-corrected chi connectivity index (χ0v) is 12.0. The number of hydrogen-bond acceptors (Lipinski definition) is 3. The fraction of sp³-hybridized carbons (Fsp3) is 0.600. The Labute approximate surface area is 93.7 Å². The first kappa shape index (κ1) is 10.8. The standard InChI is InChI=1S/C10H19N3Si2/c1-14(2)8-9-15(3,4)13(14)10-11-6-5-7-12-10/h5-7H,8-9H2,1-4H3. The van der Waals surface area contributed by atoms with Gasteiger partial charge in [-0.1, -0.05) is 26.2 Å². The van der Waals surface area contributed by atoms with Gasteiger partial charge in [-0.25, -0.2) is 9.97 Å². The molecule has 3 nitrogen and oxygen atoms in total. The van der Waals surface area contributed by atoms with E-state index in [1.165, 1.54) is 12.1 Å². The van der Waals surface area contributed by atoms with Crippen LogP contribution in [0.2, 0.25) is 38.3 Å². The summed E-state index contributed by atoms with van der Waals surface area (Å²) in [6.45, 7) is 9.74. The van der Waals surface area contributed by atoms with Crippen molar-refractivity contribution in [1.29, 1.82) is 0 Å². The van der Waals surface area contributed by atoms with Crippen LogP contribution in [0.5, 0.6) is 0 Å². The average Bonchev–Trinajstić information content (AvgIpc) is 2.37. The van der Waals surface area contributed by atoms with Crippen molar-refractivity contribution < 1.29 is 0 Å². The van der Waals surface area contributed by atoms with Crippen molar-refractivity contribution in [2.24, 2.45) is 0 Å². The van der Waals surface area contributed by atoms with Crippen molar-refractivity contribution in [2.45, 2.75) is 38.3 Å². The highest BCUT2D eigenvalue weighted by Crippen LogP contribution is 2.38. The van der Waals surface area contributed by atoms with Crippen LogP contribution in [0.15, 0.2) is 18.5 Å². The topological polar surface area (TPSA) is 29.0 Å². The number of aromatic nitrogens is 2. The molecule has 0 amide bonds. The second-order valence-electron chi connectivity index (χ2n) is 5.51. The molecule has 1 aromatic rings. The van der Waals surface area contributed by atoms with Crippen molar-refractivity contribution in [3.05, 3.63) is 18.5 Å². The van der Waals surface area contributed by atoms with E-state index in [9.17, 15) is 0 Å². The quantitative estimate of drug-likeness (QED) is 0.703. The smallest absolute Gasteiger partial charge is 0.208 e. The molecule has 1 fully saturated rings. The molecule has 1 aliphatic rings. The molecule has 5 heteroatoms. The third-order valence-electron chi connectivity index (χ3n) is 3.31. The van der Waals surface area contributed by atoms with E-state index < -0.39 is 16.5 Å². The van der Waals surface area contributed by atoms with Gasteiger partial charge in [0, 0.05) is 12.4 Å². The Bertz CT molecular complexity index is 335. The Balaban J connectivity index is 2.42. The van der Waals surface area contributed by atoms with Crippen LogP contribution >= 0.6 is 0 Å². The monoisotopic (exact) mass is 237 g/mol. The average molecular weight is 237 g/mol. The molecule has 1 aliphatic heterocycles. The lowest BCUT2D eigenvalue weighted by Crippen LogP contribution is -2.56. The maximum absolute atomic E-state index is 4.44. The van der Waals surface area contributed by atoms with Gasteiger partial charge in [-0.2, -0.15) is 0 Å². The molecule has 15 heavy (non-hydrogen) atoms. The molecule has 0 saturated carbocycles. The Morgan fingerprint density at radius 1 is 1.00 bits per heavy atom. The van der Waals surface area contributed by atoms with Crippen molar-refractivity contribution in [2.75, 3.05) is 4.23 Å². The molecule has 1 saturated heterocycles. The Morgan fingerprint density at radius 2 is 1.47 bits per heavy atom. The second kappa shape index (κ2) is 3.41. The van der Waals surface area contributed by atoms with Gasteiger partial charge >= 0.3 is 0 Å². The molecular formula is C10H19N3Si2. The van der Waals surface area contributed by atoms with E-state index in [1.807, 2.05) is 18.5 Å². The van der Waals surface area contributed by atoms with Crippen molar-refractivity contribution in [3.8, 4) is 0 Å². The maximum Gasteiger partial charge on any atom is 0.208 e. The molecule has 0 aromatic carbocycles. The molecule has 0 aliphatic carbocycles. The molecule has 0 unspecified atom stereocenters. The fourth-order valence-corrected chi connectivity index (χ4v) is 16.5. The third kappa shape index (κ3) is 1.85. The lowest BCUT2D eigenvalue weighted by atomic mass is 10.7. The lowest BCUT2D eigenvalue weighted by Gasteiger charge is -2.39. The highest BCUT2D eigenvalue weighted by Gasteiger charge is 2.48. The number of rotatable bonds is 1. The van der Waals surface area contributed by atoms with Crippen LogP contribution in [0.1, 0.15) is 0 Å². The van der Waals surface area contributed by atoms with Gasteiger partial charge in [0.2, 0.25) is 5.95 Å². The molecule has 0 atom stereocenters. The summed E-state index contributed by atoms with van der Waals surface area (Å²) >= 11 is 0. The zero-order chi connectivity index (χ0) is 11.1. The molecule has 2 rings (SSSR count). The third-order valence-corrected chi connectivity index (χ3v) is 13.2. The summed E-state index contributed by atoms with van der Waals surface area (Å²) in [5.74, 6) is 0.975. The Morgan fingerprint density at radius 3 is 1.93 bits per heavy atom. The normalized spacial score (nSPS) is 23.1. The first-order valence-corrected chi connectivity index (χ1v) is 11.8. The van der Waals surface area contributed by atoms with Gasteiger partial charge in [0.25, 0.3) is 0 Å². The van der Waals surface area contributed by atoms with Crippen LogP contribution in [0, 0.1) is 0 Å². The molecule has 0 spiro atoms. The van der Waals surface area contributed by atoms with Gasteiger partial charge < -0.3 is 4.23 Å². The van der Waals surface area contributed by atoms with Crippen LogP contribution in [-0.4, -0.2) is 26.4 Å². The summed E-state index contributed by atoms with van der Waals surface area (Å²) in [5.41, 5.74) is 0. The summed E-state index contributed by atoms with van der Waals surface area (Å²) in [6.07, 6.45) is 3.71. The van der Waals surface area contributed by atoms with Gasteiger partial charge in [0.1, 0.15) is 16.5 Å². The van der Waals surface area contributed by atoms with Crippen LogP contribution in [0.25, 0.3) is 0 Å². The minimum atomic E-state index is -1.28. The summed E-state index contributed by atoms with van der Waals surface area (Å²) in [4.78, 5) is 8.87. The van der Waals surface area contributed by atoms with E-state index in [0.717, 1.165) is 5.95 Å². The predicted octanol–water partition coefficient (Wildman–Crippen LogP) is 2.71. The highest BCUT2D eigenvalue weighted by molar-refractivity contribution is 7.04. The number of hydrogen-bond donors (Lipinski definition) is 0. The van der Waals surface area contributed by atoms with E-state index in [2.05, 4.69) is 40.4 Å². The largest absolute Gasteiger partial charge is 0.394 e. The fourth-order valence-electron chi connectivity index (χ4n) is 2.60. The summed E-state index contributed by atoms with van der Waals surface area (Å²) in [5, 5.41) is 0. The van der Waals surface area contributed by atoms with Gasteiger partial charge in [-0.05, 0) is 18.2 Å². The van der Waals surface area contributed by atoms with Gasteiger partial charge in [-0.15, -0.1) is 0 Å². The molecule has 0 radical (unpaired) electrons. The minimum absolute atomic E-state index is 0.975. The summed E-state index contributed by atoms with van der Waals surface area (Å²) < 4.78 is 2.62. The Kier molecular flexibility index (Phi) is 2.46. The predicted molar refractivity (Wildman–Crippen MR) is 69.1 cm³/mol. The lowest BCUT2D eigenvalue weighted by molar-refractivity contribution is 1.12. The number of nitrogens with zero attached hydrogens (tertiary/aromatic N) is 3. The zero-order valence-electron chi connectivity index (χ0n) is 9.99. The Hall–Kier alpha value is -0.686. The molecule has 0 N–H and O–H groups in total. The van der Waals surface area contributed by atoms with Crippen molar-refractivity contribution in [3.63, 3.8) is 0 Å². The summed E-state index contributed by atoms with van der Waals surface area (Å²) in [7, 11) is -2.55. The van der Waals surface area contributed by atoms with E-state index in [0.29, 0.717) is 0 Å². The summed E-state index contributed by atoms with van der Waals surface area (Å²) in [6, 6.07) is 4.68. The minimum Gasteiger partial charge on any atom is -0.394 e. The maximum atomic E-state index is 4.44. The van der Waals surface area contributed by atoms with Crippen LogP contribution in [0.4, 0.5) is 5.95 Å². The first-order chi connectivity index (χ1) is 6.93. The van der Waals surface area contributed by atoms with Crippen LogP contribution in [0.3, 0.4) is 0 Å². The number of anilines is 1. The molecule has 0 bridgehead atoms. The molecule has 2 heterocycles.